The van der Waals surface area contributed by atoms with E-state index in [9.17, 15) is 10.2 Å². The topological polar surface area (TPSA) is 65.8 Å². The summed E-state index contributed by atoms with van der Waals surface area (Å²) in [6.45, 7) is 5.24. The van der Waals surface area contributed by atoms with E-state index < -0.39 is 11.7 Å². The number of fused-ring (bicyclic) bond motifs is 4. The number of hydrogen-bond acceptors (Lipinski definition) is 5. The fourth-order valence-corrected chi connectivity index (χ4v) is 4.45. The Hall–Kier alpha value is -1.95. The smallest absolute Gasteiger partial charge is 0.119 e. The van der Waals surface area contributed by atoms with Gasteiger partial charge in [0, 0.05) is 24.2 Å². The average Bonchev–Trinajstić information content (AvgIpc) is 2.66. The molecule has 0 saturated carbocycles. The third-order valence-corrected chi connectivity index (χ3v) is 5.94. The third kappa shape index (κ3) is 2.63. The second-order valence-electron chi connectivity index (χ2n) is 7.18. The highest BCUT2D eigenvalue weighted by Crippen LogP contribution is 2.44. The van der Waals surface area contributed by atoms with E-state index in [0.717, 1.165) is 41.6 Å². The van der Waals surface area contributed by atoms with E-state index in [1.165, 1.54) is 0 Å². The summed E-state index contributed by atoms with van der Waals surface area (Å²) in [5.74, 6) is 0.901. The molecule has 5 rings (SSSR count). The Morgan fingerprint density at radius 2 is 2.28 bits per heavy atom. The van der Waals surface area contributed by atoms with Gasteiger partial charge in [-0.1, -0.05) is 6.08 Å². The summed E-state index contributed by atoms with van der Waals surface area (Å²) in [4.78, 5) is 6.59. The molecule has 5 atom stereocenters. The number of aliphatic hydroxyl groups is 2. The van der Waals surface area contributed by atoms with Crippen molar-refractivity contribution in [3.8, 4) is 5.75 Å². The highest BCUT2D eigenvalue weighted by molar-refractivity contribution is 5.83. The maximum Gasteiger partial charge on any atom is 0.119 e. The molecule has 3 aliphatic rings. The van der Waals surface area contributed by atoms with Gasteiger partial charge in [0.25, 0.3) is 0 Å². The van der Waals surface area contributed by atoms with E-state index in [4.69, 9.17) is 4.74 Å². The number of nitrogens with zero attached hydrogens (tertiary/aromatic N) is 2. The highest BCUT2D eigenvalue weighted by Gasteiger charge is 2.49. The minimum atomic E-state index is -0.835. The second-order valence-corrected chi connectivity index (χ2v) is 7.18. The van der Waals surface area contributed by atoms with Crippen molar-refractivity contribution in [2.24, 2.45) is 5.92 Å². The second kappa shape index (κ2) is 6.09. The van der Waals surface area contributed by atoms with Gasteiger partial charge in [-0.3, -0.25) is 9.88 Å². The Morgan fingerprint density at radius 1 is 1.44 bits per heavy atom. The average molecular weight is 340 g/mol. The molecule has 5 nitrogen and oxygen atoms in total. The lowest BCUT2D eigenvalue weighted by molar-refractivity contribution is -0.127. The Kier molecular flexibility index (Phi) is 4.02. The van der Waals surface area contributed by atoms with Crippen molar-refractivity contribution in [3.05, 3.63) is 48.7 Å². The Bertz CT molecular complexity index is 809. The molecule has 3 aliphatic heterocycles. The van der Waals surface area contributed by atoms with Gasteiger partial charge in [0.15, 0.2) is 0 Å². The van der Waals surface area contributed by atoms with Crippen LogP contribution < -0.4 is 4.74 Å². The van der Waals surface area contributed by atoms with Crippen molar-refractivity contribution in [2.45, 2.75) is 30.6 Å². The number of aliphatic hydroxyl groups excluding tert-OH is 1. The Morgan fingerprint density at radius 3 is 2.96 bits per heavy atom. The first-order valence-corrected chi connectivity index (χ1v) is 8.76. The zero-order valence-electron chi connectivity index (χ0n) is 14.4. The molecule has 1 aromatic heterocycles. The van der Waals surface area contributed by atoms with Gasteiger partial charge in [0.05, 0.1) is 24.3 Å². The molecule has 25 heavy (non-hydrogen) atoms. The molecule has 2 aromatic rings. The molecule has 5 heteroatoms. The van der Waals surface area contributed by atoms with Crippen LogP contribution in [-0.4, -0.2) is 51.9 Å². The molecule has 1 aromatic carbocycles. The first kappa shape index (κ1) is 16.5. The largest absolute Gasteiger partial charge is 0.497 e. The predicted octanol–water partition coefficient (Wildman–Crippen LogP) is 2.29. The van der Waals surface area contributed by atoms with E-state index in [0.29, 0.717) is 6.54 Å². The molecule has 2 bridgehead atoms. The molecule has 0 aliphatic carbocycles. The normalized spacial score (nSPS) is 32.5. The van der Waals surface area contributed by atoms with Crippen LogP contribution in [0.2, 0.25) is 0 Å². The Labute approximate surface area is 147 Å². The molecule has 0 radical (unpaired) electrons. The maximum atomic E-state index is 11.2. The third-order valence-electron chi connectivity index (χ3n) is 5.94. The van der Waals surface area contributed by atoms with Crippen molar-refractivity contribution < 1.29 is 14.9 Å². The molecule has 132 valence electrons. The predicted molar refractivity (Wildman–Crippen MR) is 96.5 cm³/mol. The lowest BCUT2D eigenvalue weighted by Crippen LogP contribution is -2.63. The number of methoxy groups -OCH3 is 1. The highest BCUT2D eigenvalue weighted by atomic mass is 16.5. The van der Waals surface area contributed by atoms with Gasteiger partial charge in [0.2, 0.25) is 0 Å². The van der Waals surface area contributed by atoms with E-state index in [1.807, 2.05) is 24.3 Å². The molecule has 0 amide bonds. The van der Waals surface area contributed by atoms with Gasteiger partial charge in [-0.15, -0.1) is 6.58 Å². The molecule has 3 fully saturated rings. The molecule has 4 heterocycles. The van der Waals surface area contributed by atoms with Gasteiger partial charge < -0.3 is 14.9 Å². The summed E-state index contributed by atoms with van der Waals surface area (Å²) in [7, 11) is 1.63. The minimum Gasteiger partial charge on any atom is -0.497 e. The number of hydrogen-bond donors (Lipinski definition) is 2. The minimum absolute atomic E-state index is 0.00391. The van der Waals surface area contributed by atoms with Crippen LogP contribution in [0.5, 0.6) is 5.75 Å². The van der Waals surface area contributed by atoms with Crippen LogP contribution in [-0.2, 0) is 0 Å². The number of benzene rings is 1. The van der Waals surface area contributed by atoms with E-state index >= 15 is 0 Å². The van der Waals surface area contributed by atoms with Crippen LogP contribution in [0.4, 0.5) is 0 Å². The van der Waals surface area contributed by atoms with Gasteiger partial charge in [-0.05, 0) is 55.1 Å². The van der Waals surface area contributed by atoms with E-state index in [2.05, 4.69) is 16.5 Å². The summed E-state index contributed by atoms with van der Waals surface area (Å²) in [5.41, 5.74) is 0.873. The van der Waals surface area contributed by atoms with E-state index in [1.54, 1.807) is 19.4 Å². The molecule has 3 saturated heterocycles. The number of rotatable bonds is 4. The molecule has 2 N–H and O–H groups in total. The fourth-order valence-electron chi connectivity index (χ4n) is 4.45. The maximum absolute atomic E-state index is 11.2. The first-order chi connectivity index (χ1) is 12.1. The molecule has 1 unspecified atom stereocenters. The first-order valence-electron chi connectivity index (χ1n) is 8.76. The summed E-state index contributed by atoms with van der Waals surface area (Å²) < 4.78 is 5.33. The van der Waals surface area contributed by atoms with Crippen LogP contribution in [0, 0.1) is 5.92 Å². The lowest BCUT2D eigenvalue weighted by atomic mass is 9.71. The molecular weight excluding hydrogens is 316 g/mol. The molecular formula is C20H24N2O3. The van der Waals surface area contributed by atoms with Crippen LogP contribution in [0.15, 0.2) is 43.1 Å². The zero-order chi connectivity index (χ0) is 17.6. The van der Waals surface area contributed by atoms with Crippen molar-refractivity contribution in [2.75, 3.05) is 20.2 Å². The fraction of sp³-hybridized carbons (Fsp3) is 0.450. The van der Waals surface area contributed by atoms with Gasteiger partial charge in [-0.2, -0.15) is 0 Å². The zero-order valence-corrected chi connectivity index (χ0v) is 14.4. The number of pyridine rings is 1. The summed E-state index contributed by atoms with van der Waals surface area (Å²) in [5, 5.41) is 22.8. The summed E-state index contributed by atoms with van der Waals surface area (Å²) in [6, 6.07) is 7.60. The van der Waals surface area contributed by atoms with Crippen molar-refractivity contribution in [1.29, 1.82) is 0 Å². The monoisotopic (exact) mass is 340 g/mol. The van der Waals surface area contributed by atoms with Crippen LogP contribution in [0.1, 0.15) is 24.5 Å². The van der Waals surface area contributed by atoms with Gasteiger partial charge >= 0.3 is 0 Å². The van der Waals surface area contributed by atoms with Crippen molar-refractivity contribution in [1.82, 2.24) is 9.88 Å². The van der Waals surface area contributed by atoms with Crippen LogP contribution in [0.25, 0.3) is 10.9 Å². The Balaban J connectivity index is 1.69. The van der Waals surface area contributed by atoms with Gasteiger partial charge in [-0.25, -0.2) is 0 Å². The standard InChI is InChI=1S/C20H24N2O3/c1-3-20(24)12-22-9-7-13(20)10-18(22)19(23)15-6-8-21-17-5-4-14(25-2)11-16(15)17/h3-6,8,11,13,18-19,23-24H,1,7,9-10,12H2,2H3/t13-,18-,19+,20+/m0/s1. The quantitative estimate of drug-likeness (QED) is 0.836. The molecule has 0 spiro atoms. The SMILES string of the molecule is C=C[C@@]1(O)CN2CC[C@H]1C[C@H]2[C@H](O)c1ccnc2ccc(OC)cc12. The lowest BCUT2D eigenvalue weighted by Gasteiger charge is -2.54. The number of aromatic nitrogens is 1. The summed E-state index contributed by atoms with van der Waals surface area (Å²) in [6.07, 6.45) is 4.48. The van der Waals surface area contributed by atoms with Crippen LogP contribution >= 0.6 is 0 Å². The number of ether oxygens (including phenoxy) is 1. The van der Waals surface area contributed by atoms with Crippen molar-refractivity contribution in [3.63, 3.8) is 0 Å². The van der Waals surface area contributed by atoms with Crippen LogP contribution in [0.3, 0.4) is 0 Å². The van der Waals surface area contributed by atoms with Gasteiger partial charge in [0.1, 0.15) is 5.75 Å². The van der Waals surface area contributed by atoms with Crippen molar-refractivity contribution >= 4 is 10.9 Å². The van der Waals surface area contributed by atoms with E-state index in [-0.39, 0.29) is 12.0 Å². The summed E-state index contributed by atoms with van der Waals surface area (Å²) >= 11 is 0. The number of piperidine rings is 3.